The maximum Gasteiger partial charge on any atom is 0.271 e. The van der Waals surface area contributed by atoms with Crippen molar-refractivity contribution in [2.24, 2.45) is 0 Å². The number of anilines is 1. The van der Waals surface area contributed by atoms with E-state index in [1.807, 2.05) is 0 Å². The molecular weight excluding hydrogens is 210 g/mol. The first-order valence-corrected chi connectivity index (χ1v) is 4.80. The van der Waals surface area contributed by atoms with Gasteiger partial charge in [0.1, 0.15) is 11.5 Å². The zero-order valence-corrected chi connectivity index (χ0v) is 8.43. The van der Waals surface area contributed by atoms with Crippen LogP contribution in [0.3, 0.4) is 0 Å². The van der Waals surface area contributed by atoms with E-state index in [1.54, 1.807) is 0 Å². The van der Waals surface area contributed by atoms with Gasteiger partial charge in [0, 0.05) is 13.0 Å². The Hall–Kier alpha value is -2.18. The molecule has 0 aliphatic carbocycles. The zero-order valence-electron chi connectivity index (χ0n) is 8.43. The van der Waals surface area contributed by atoms with Gasteiger partial charge in [-0.3, -0.25) is 9.59 Å². The molecule has 1 fully saturated rings. The van der Waals surface area contributed by atoms with E-state index in [0.717, 1.165) is 0 Å². The number of nitrogens with zero attached hydrogens (tertiary/aromatic N) is 2. The van der Waals surface area contributed by atoms with Gasteiger partial charge in [-0.05, 0) is 0 Å². The molecule has 7 heteroatoms. The van der Waals surface area contributed by atoms with Crippen molar-refractivity contribution < 1.29 is 9.59 Å². The van der Waals surface area contributed by atoms with Gasteiger partial charge in [0.2, 0.25) is 5.91 Å². The van der Waals surface area contributed by atoms with E-state index >= 15 is 0 Å². The second-order valence-electron chi connectivity index (χ2n) is 3.51. The molecule has 2 rings (SSSR count). The number of aromatic nitrogens is 2. The fourth-order valence-electron chi connectivity index (χ4n) is 1.42. The van der Waals surface area contributed by atoms with E-state index in [2.05, 4.69) is 20.6 Å². The topological polar surface area (TPSA) is 110 Å². The highest BCUT2D eigenvalue weighted by atomic mass is 16.2. The largest absolute Gasteiger partial charge is 0.382 e. The van der Waals surface area contributed by atoms with Crippen LogP contribution in [-0.4, -0.2) is 34.4 Å². The van der Waals surface area contributed by atoms with Gasteiger partial charge in [-0.15, -0.1) is 0 Å². The average molecular weight is 221 g/mol. The molecule has 0 spiro atoms. The van der Waals surface area contributed by atoms with Crippen LogP contribution in [0.2, 0.25) is 0 Å². The Bertz CT molecular complexity index is 416. The molecule has 0 radical (unpaired) electrons. The summed E-state index contributed by atoms with van der Waals surface area (Å²) in [6.07, 6.45) is 2.91. The standard InChI is InChI=1S/C9H11N5O2/c10-7-4-11-6(3-12-7)9(16)14-5-1-8(15)13-2-5/h3-5H,1-2H2,(H2,10,12)(H,13,15)(H,14,16). The first-order valence-electron chi connectivity index (χ1n) is 4.80. The van der Waals surface area contributed by atoms with Crippen LogP contribution in [0.5, 0.6) is 0 Å². The highest BCUT2D eigenvalue weighted by Crippen LogP contribution is 2.01. The summed E-state index contributed by atoms with van der Waals surface area (Å²) in [6, 6.07) is -0.181. The van der Waals surface area contributed by atoms with Crippen LogP contribution < -0.4 is 16.4 Å². The Labute approximate surface area is 91.5 Å². The lowest BCUT2D eigenvalue weighted by Crippen LogP contribution is -2.36. The van der Waals surface area contributed by atoms with E-state index in [9.17, 15) is 9.59 Å². The maximum atomic E-state index is 11.6. The molecule has 4 N–H and O–H groups in total. The smallest absolute Gasteiger partial charge is 0.271 e. The normalized spacial score (nSPS) is 19.2. The van der Waals surface area contributed by atoms with Gasteiger partial charge < -0.3 is 16.4 Å². The molecule has 1 aromatic rings. The highest BCUT2D eigenvalue weighted by Gasteiger charge is 2.23. The summed E-state index contributed by atoms with van der Waals surface area (Å²) in [4.78, 5) is 30.1. The van der Waals surface area contributed by atoms with Crippen LogP contribution in [-0.2, 0) is 4.79 Å². The number of nitrogens with one attached hydrogen (secondary N) is 2. The minimum atomic E-state index is -0.353. The molecule has 84 valence electrons. The van der Waals surface area contributed by atoms with E-state index < -0.39 is 0 Å². The van der Waals surface area contributed by atoms with Crippen molar-refractivity contribution in [2.75, 3.05) is 12.3 Å². The lowest BCUT2D eigenvalue weighted by atomic mass is 10.2. The summed E-state index contributed by atoms with van der Waals surface area (Å²) >= 11 is 0. The monoisotopic (exact) mass is 221 g/mol. The fraction of sp³-hybridized carbons (Fsp3) is 0.333. The number of amides is 2. The SMILES string of the molecule is Nc1cnc(C(=O)NC2CNC(=O)C2)cn1. The Balaban J connectivity index is 1.98. The van der Waals surface area contributed by atoms with Crippen molar-refractivity contribution in [3.8, 4) is 0 Å². The molecule has 2 heterocycles. The second-order valence-corrected chi connectivity index (χ2v) is 3.51. The number of hydrogen-bond donors (Lipinski definition) is 3. The number of nitrogens with two attached hydrogens (primary N) is 1. The van der Waals surface area contributed by atoms with Gasteiger partial charge in [0.15, 0.2) is 0 Å². The van der Waals surface area contributed by atoms with Crippen LogP contribution in [0.15, 0.2) is 12.4 Å². The van der Waals surface area contributed by atoms with E-state index in [4.69, 9.17) is 5.73 Å². The number of rotatable bonds is 2. The summed E-state index contributed by atoms with van der Waals surface area (Å²) in [5, 5.41) is 5.31. The van der Waals surface area contributed by atoms with Crippen LogP contribution in [0.25, 0.3) is 0 Å². The van der Waals surface area contributed by atoms with Crippen molar-refractivity contribution in [3.05, 3.63) is 18.1 Å². The molecule has 1 aromatic heterocycles. The minimum absolute atomic E-state index is 0.0614. The van der Waals surface area contributed by atoms with Gasteiger partial charge in [-0.1, -0.05) is 0 Å². The van der Waals surface area contributed by atoms with Gasteiger partial charge in [-0.25, -0.2) is 9.97 Å². The molecular formula is C9H11N5O2. The second kappa shape index (κ2) is 4.13. The predicted octanol–water partition coefficient (Wildman–Crippen LogP) is -1.32. The Morgan fingerprint density at radius 3 is 2.88 bits per heavy atom. The van der Waals surface area contributed by atoms with Gasteiger partial charge in [0.05, 0.1) is 18.4 Å². The number of carbonyl (C=O) groups excluding carboxylic acids is 2. The predicted molar refractivity (Wildman–Crippen MR) is 55.3 cm³/mol. The summed E-state index contributed by atoms with van der Waals surface area (Å²) in [7, 11) is 0. The number of carbonyl (C=O) groups is 2. The van der Waals surface area contributed by atoms with Crippen molar-refractivity contribution >= 4 is 17.6 Å². The molecule has 16 heavy (non-hydrogen) atoms. The van der Waals surface area contributed by atoms with Crippen LogP contribution in [0.4, 0.5) is 5.82 Å². The third-order valence-electron chi connectivity index (χ3n) is 2.22. The van der Waals surface area contributed by atoms with Crippen molar-refractivity contribution in [1.29, 1.82) is 0 Å². The molecule has 7 nitrogen and oxygen atoms in total. The Morgan fingerprint density at radius 1 is 1.50 bits per heavy atom. The first kappa shape index (κ1) is 10.3. The molecule has 1 atom stereocenters. The van der Waals surface area contributed by atoms with E-state index in [0.29, 0.717) is 13.0 Å². The van der Waals surface area contributed by atoms with Gasteiger partial charge >= 0.3 is 0 Å². The Morgan fingerprint density at radius 2 is 2.31 bits per heavy atom. The van der Waals surface area contributed by atoms with Gasteiger partial charge in [0.25, 0.3) is 5.91 Å². The van der Waals surface area contributed by atoms with Crippen LogP contribution in [0, 0.1) is 0 Å². The maximum absolute atomic E-state index is 11.6. The molecule has 2 amide bonds. The van der Waals surface area contributed by atoms with Crippen LogP contribution in [0.1, 0.15) is 16.9 Å². The highest BCUT2D eigenvalue weighted by molar-refractivity contribution is 5.93. The molecule has 1 unspecified atom stereocenters. The van der Waals surface area contributed by atoms with E-state index in [1.165, 1.54) is 12.4 Å². The lowest BCUT2D eigenvalue weighted by Gasteiger charge is -2.09. The van der Waals surface area contributed by atoms with Crippen molar-refractivity contribution in [3.63, 3.8) is 0 Å². The van der Waals surface area contributed by atoms with Gasteiger partial charge in [-0.2, -0.15) is 0 Å². The summed E-state index contributed by atoms with van der Waals surface area (Å²) in [5.41, 5.74) is 5.54. The van der Waals surface area contributed by atoms with Crippen molar-refractivity contribution in [1.82, 2.24) is 20.6 Å². The molecule has 0 bridgehead atoms. The quantitative estimate of drug-likeness (QED) is 0.573. The fourth-order valence-corrected chi connectivity index (χ4v) is 1.42. The zero-order chi connectivity index (χ0) is 11.5. The van der Waals surface area contributed by atoms with Crippen LogP contribution >= 0.6 is 0 Å². The molecule has 1 aliphatic heterocycles. The summed E-state index contributed by atoms with van der Waals surface area (Å²) in [5.74, 6) is -0.156. The third-order valence-corrected chi connectivity index (χ3v) is 2.22. The van der Waals surface area contributed by atoms with Crippen molar-refractivity contribution in [2.45, 2.75) is 12.5 Å². The number of nitrogen functional groups attached to an aromatic ring is 1. The van der Waals surface area contributed by atoms with E-state index in [-0.39, 0.29) is 29.4 Å². The first-order chi connectivity index (χ1) is 7.65. The molecule has 0 saturated carbocycles. The molecule has 1 saturated heterocycles. The lowest BCUT2D eigenvalue weighted by molar-refractivity contribution is -0.119. The summed E-state index contributed by atoms with van der Waals surface area (Å²) < 4.78 is 0. The molecule has 0 aromatic carbocycles. The minimum Gasteiger partial charge on any atom is -0.382 e. The average Bonchev–Trinajstić information content (AvgIpc) is 2.65. The summed E-state index contributed by atoms with van der Waals surface area (Å²) in [6.45, 7) is 0.451. The third kappa shape index (κ3) is 2.25. The molecule has 1 aliphatic rings. The Kier molecular flexibility index (Phi) is 2.67. The number of hydrogen-bond acceptors (Lipinski definition) is 5.